The number of nitrogens with zero attached hydrogens (tertiary/aromatic N) is 3. The van der Waals surface area contributed by atoms with Crippen LogP contribution in [0, 0.1) is 5.82 Å². The largest absolute Gasteiger partial charge is 0.351 e. The molecule has 160 valence electrons. The van der Waals surface area contributed by atoms with Gasteiger partial charge >= 0.3 is 0 Å². The van der Waals surface area contributed by atoms with E-state index < -0.39 is 0 Å². The minimum Gasteiger partial charge on any atom is -0.351 e. The van der Waals surface area contributed by atoms with Gasteiger partial charge in [0, 0.05) is 16.4 Å². The Labute approximate surface area is 198 Å². The van der Waals surface area contributed by atoms with Crippen molar-refractivity contribution in [1.82, 2.24) is 15.5 Å². The molecule has 0 fully saturated rings. The molecule has 1 N–H and O–H groups in total. The van der Waals surface area contributed by atoms with E-state index >= 15 is 0 Å². The van der Waals surface area contributed by atoms with E-state index in [1.165, 1.54) is 23.5 Å². The number of hydrogen-bond donors (Lipinski definition) is 1. The van der Waals surface area contributed by atoms with Gasteiger partial charge in [0.25, 0.3) is 5.89 Å². The van der Waals surface area contributed by atoms with Crippen LogP contribution in [-0.2, 0) is 0 Å². The number of aromatic nitrogens is 2. The standard InChI is InChI=1S/C23H16ClFN4OS2/c1-13-19(22-27-21(28-30-22)18-3-2-12-32-18)20(14-4-8-16(25)9-5-14)26-23(31)29(13)17-10-6-15(24)7-11-17/h2-12,20H,1H3,(H,26,31). The van der Waals surface area contributed by atoms with Gasteiger partial charge in [0.2, 0.25) is 5.82 Å². The number of anilines is 1. The van der Waals surface area contributed by atoms with Gasteiger partial charge in [-0.15, -0.1) is 11.3 Å². The SMILES string of the molecule is CC1=C(c2nc(-c3cccs3)no2)C(c2ccc(F)cc2)NC(=S)N1c1ccc(Cl)cc1. The maximum absolute atomic E-state index is 13.6. The van der Waals surface area contributed by atoms with E-state index in [1.54, 1.807) is 24.3 Å². The van der Waals surface area contributed by atoms with Crippen LogP contribution in [0.25, 0.3) is 16.3 Å². The third-order valence-corrected chi connectivity index (χ3v) is 6.59. The minimum atomic E-state index is -0.386. The van der Waals surface area contributed by atoms with E-state index in [0.29, 0.717) is 21.9 Å². The molecule has 0 saturated heterocycles. The second-order valence-electron chi connectivity index (χ2n) is 7.15. The topological polar surface area (TPSA) is 54.2 Å². The summed E-state index contributed by atoms with van der Waals surface area (Å²) in [6.45, 7) is 1.95. The number of rotatable bonds is 4. The van der Waals surface area contributed by atoms with Crippen molar-refractivity contribution in [2.24, 2.45) is 0 Å². The molecule has 0 bridgehead atoms. The average molecular weight is 483 g/mol. The summed E-state index contributed by atoms with van der Waals surface area (Å²) in [5.74, 6) is 0.573. The molecule has 0 amide bonds. The first kappa shape index (κ1) is 20.8. The highest BCUT2D eigenvalue weighted by Crippen LogP contribution is 2.39. The Bertz CT molecular complexity index is 1300. The molecule has 9 heteroatoms. The summed E-state index contributed by atoms with van der Waals surface area (Å²) in [5.41, 5.74) is 3.26. The molecule has 0 radical (unpaired) electrons. The second-order valence-corrected chi connectivity index (χ2v) is 8.92. The molecule has 5 rings (SSSR count). The molecule has 0 saturated carbocycles. The molecule has 0 spiro atoms. The van der Waals surface area contributed by atoms with E-state index in [-0.39, 0.29) is 11.9 Å². The summed E-state index contributed by atoms with van der Waals surface area (Å²) in [6.07, 6.45) is 0. The zero-order chi connectivity index (χ0) is 22.2. The van der Waals surface area contributed by atoms with Gasteiger partial charge < -0.3 is 9.84 Å². The normalized spacial score (nSPS) is 16.4. The van der Waals surface area contributed by atoms with Crippen molar-refractivity contribution >= 4 is 51.5 Å². The summed E-state index contributed by atoms with van der Waals surface area (Å²) in [5, 5.41) is 10.6. The lowest BCUT2D eigenvalue weighted by molar-refractivity contribution is 0.404. The van der Waals surface area contributed by atoms with Gasteiger partial charge in [0.05, 0.1) is 16.5 Å². The van der Waals surface area contributed by atoms with Crippen LogP contribution in [0.15, 0.2) is 76.3 Å². The Morgan fingerprint density at radius 1 is 1.12 bits per heavy atom. The molecule has 3 heterocycles. The van der Waals surface area contributed by atoms with Crippen LogP contribution >= 0.6 is 35.2 Å². The Morgan fingerprint density at radius 2 is 1.88 bits per heavy atom. The van der Waals surface area contributed by atoms with E-state index in [4.69, 9.17) is 28.3 Å². The number of allylic oxidation sites excluding steroid dienone is 1. The molecule has 4 aromatic rings. The van der Waals surface area contributed by atoms with Crippen molar-refractivity contribution in [2.45, 2.75) is 13.0 Å². The zero-order valence-electron chi connectivity index (χ0n) is 16.8. The van der Waals surface area contributed by atoms with Crippen molar-refractivity contribution in [3.63, 3.8) is 0 Å². The van der Waals surface area contributed by atoms with Gasteiger partial charge in [-0.2, -0.15) is 4.98 Å². The highest BCUT2D eigenvalue weighted by molar-refractivity contribution is 7.80. The number of halogens is 2. The molecular weight excluding hydrogens is 467 g/mol. The van der Waals surface area contributed by atoms with Gasteiger partial charge in [0.15, 0.2) is 5.11 Å². The number of thiophene rings is 1. The van der Waals surface area contributed by atoms with E-state index in [1.807, 2.05) is 41.5 Å². The van der Waals surface area contributed by atoms with E-state index in [2.05, 4.69) is 15.5 Å². The zero-order valence-corrected chi connectivity index (χ0v) is 19.1. The average Bonchev–Trinajstić information content (AvgIpc) is 3.47. The van der Waals surface area contributed by atoms with Gasteiger partial charge in [0.1, 0.15) is 5.82 Å². The van der Waals surface area contributed by atoms with E-state index in [0.717, 1.165) is 27.4 Å². The first-order valence-electron chi connectivity index (χ1n) is 9.71. The second kappa shape index (κ2) is 8.46. The Balaban J connectivity index is 1.66. The van der Waals surface area contributed by atoms with E-state index in [9.17, 15) is 4.39 Å². The number of thiocarbonyl (C=S) groups is 1. The molecule has 1 unspecified atom stereocenters. The third kappa shape index (κ3) is 3.81. The molecule has 0 aliphatic carbocycles. The van der Waals surface area contributed by atoms with Crippen LogP contribution in [0.2, 0.25) is 5.02 Å². The summed E-state index contributed by atoms with van der Waals surface area (Å²) >= 11 is 13.3. The molecule has 2 aromatic carbocycles. The maximum atomic E-state index is 13.6. The molecule has 1 aliphatic heterocycles. The lowest BCUT2D eigenvalue weighted by Crippen LogP contribution is -2.46. The molecule has 1 atom stereocenters. The predicted molar refractivity (Wildman–Crippen MR) is 129 cm³/mol. The quantitative estimate of drug-likeness (QED) is 0.337. The van der Waals surface area contributed by atoms with Gasteiger partial charge in [-0.05, 0) is 72.5 Å². The Morgan fingerprint density at radius 3 is 2.56 bits per heavy atom. The maximum Gasteiger partial charge on any atom is 0.258 e. The van der Waals surface area contributed by atoms with Crippen molar-refractivity contribution < 1.29 is 8.91 Å². The fourth-order valence-electron chi connectivity index (χ4n) is 3.67. The minimum absolute atomic E-state index is 0.310. The number of nitrogens with one attached hydrogen (secondary N) is 1. The molecule has 2 aromatic heterocycles. The van der Waals surface area contributed by atoms with Gasteiger partial charge in [-0.25, -0.2) is 4.39 Å². The lowest BCUT2D eigenvalue weighted by atomic mass is 9.94. The lowest BCUT2D eigenvalue weighted by Gasteiger charge is -2.37. The van der Waals surface area contributed by atoms with Crippen molar-refractivity contribution in [1.29, 1.82) is 0 Å². The summed E-state index contributed by atoms with van der Waals surface area (Å²) < 4.78 is 19.3. The van der Waals surface area contributed by atoms with Crippen molar-refractivity contribution in [3.8, 4) is 10.7 Å². The number of benzene rings is 2. The fraction of sp³-hybridized carbons (Fsp3) is 0.0870. The van der Waals surface area contributed by atoms with Gasteiger partial charge in [-0.3, -0.25) is 4.90 Å². The monoisotopic (exact) mass is 482 g/mol. The summed E-state index contributed by atoms with van der Waals surface area (Å²) in [7, 11) is 0. The molecule has 1 aliphatic rings. The van der Waals surface area contributed by atoms with Gasteiger partial charge in [-0.1, -0.05) is 35.0 Å². The van der Waals surface area contributed by atoms with Crippen LogP contribution in [0.1, 0.15) is 24.4 Å². The summed E-state index contributed by atoms with van der Waals surface area (Å²) in [4.78, 5) is 7.46. The predicted octanol–water partition coefficient (Wildman–Crippen LogP) is 6.46. The first-order valence-corrected chi connectivity index (χ1v) is 11.4. The highest BCUT2D eigenvalue weighted by Gasteiger charge is 2.34. The molecule has 32 heavy (non-hydrogen) atoms. The molecule has 5 nitrogen and oxygen atoms in total. The van der Waals surface area contributed by atoms with Crippen LogP contribution in [0.4, 0.5) is 10.1 Å². The number of hydrogen-bond acceptors (Lipinski definition) is 5. The Hall–Kier alpha value is -3.07. The van der Waals surface area contributed by atoms with Crippen LogP contribution in [0.5, 0.6) is 0 Å². The molecular formula is C23H16ClFN4OS2. The fourth-order valence-corrected chi connectivity index (χ4v) is 4.80. The van der Waals surface area contributed by atoms with Crippen LogP contribution in [0.3, 0.4) is 0 Å². The van der Waals surface area contributed by atoms with Crippen LogP contribution < -0.4 is 10.2 Å². The highest BCUT2D eigenvalue weighted by atomic mass is 35.5. The third-order valence-electron chi connectivity index (χ3n) is 5.17. The smallest absolute Gasteiger partial charge is 0.258 e. The van der Waals surface area contributed by atoms with Crippen molar-refractivity contribution in [2.75, 3.05) is 4.90 Å². The first-order chi connectivity index (χ1) is 15.5. The Kier molecular flexibility index (Phi) is 5.50. The van der Waals surface area contributed by atoms with Crippen LogP contribution in [-0.4, -0.2) is 15.3 Å². The van der Waals surface area contributed by atoms with Crippen molar-refractivity contribution in [3.05, 3.63) is 94.0 Å². The summed E-state index contributed by atoms with van der Waals surface area (Å²) in [6, 6.07) is 17.2.